The van der Waals surface area contributed by atoms with Crippen molar-refractivity contribution in [1.82, 2.24) is 0 Å². The number of anilines is 1. The van der Waals surface area contributed by atoms with Gasteiger partial charge < -0.3 is 10.0 Å². The molecular formula is C17H25NO3. The highest BCUT2D eigenvalue weighted by Gasteiger charge is 2.26. The highest BCUT2D eigenvalue weighted by molar-refractivity contribution is 5.97. The molecule has 0 bridgehead atoms. The standard InChI is InChI=1S/C17H25NO3/c1-12-6-8-14(9-7-12)18(11-16(20)21)15(19)10-13(2)17(3,4)5/h6-9,13H,10-11H2,1-5H3,(H,20,21). The van der Waals surface area contributed by atoms with Crippen LogP contribution in [0.4, 0.5) is 5.69 Å². The zero-order chi connectivity index (χ0) is 16.2. The molecule has 1 atom stereocenters. The predicted molar refractivity (Wildman–Crippen MR) is 84.4 cm³/mol. The van der Waals surface area contributed by atoms with Crippen LogP contribution in [0.1, 0.15) is 39.7 Å². The van der Waals surface area contributed by atoms with Gasteiger partial charge in [-0.2, -0.15) is 0 Å². The molecule has 1 unspecified atom stereocenters. The first-order valence-corrected chi connectivity index (χ1v) is 7.20. The minimum atomic E-state index is -1.01. The van der Waals surface area contributed by atoms with Crippen LogP contribution in [-0.2, 0) is 9.59 Å². The summed E-state index contributed by atoms with van der Waals surface area (Å²) in [7, 11) is 0. The highest BCUT2D eigenvalue weighted by atomic mass is 16.4. The molecule has 116 valence electrons. The maximum absolute atomic E-state index is 12.5. The highest BCUT2D eigenvalue weighted by Crippen LogP contribution is 2.29. The van der Waals surface area contributed by atoms with Gasteiger partial charge in [-0.25, -0.2) is 0 Å². The number of aryl methyl sites for hydroxylation is 1. The normalized spacial score (nSPS) is 12.8. The summed E-state index contributed by atoms with van der Waals surface area (Å²) >= 11 is 0. The molecule has 1 aromatic carbocycles. The maximum atomic E-state index is 12.5. The monoisotopic (exact) mass is 291 g/mol. The molecule has 0 radical (unpaired) electrons. The van der Waals surface area contributed by atoms with Crippen LogP contribution in [0.25, 0.3) is 0 Å². The summed E-state index contributed by atoms with van der Waals surface area (Å²) in [6, 6.07) is 7.34. The molecule has 4 nitrogen and oxygen atoms in total. The Bertz CT molecular complexity index is 500. The minimum Gasteiger partial charge on any atom is -0.480 e. The van der Waals surface area contributed by atoms with Crippen molar-refractivity contribution in [2.45, 2.75) is 41.0 Å². The van der Waals surface area contributed by atoms with Crippen LogP contribution in [0.3, 0.4) is 0 Å². The van der Waals surface area contributed by atoms with Crippen molar-refractivity contribution in [3.63, 3.8) is 0 Å². The number of carboxylic acids is 1. The van der Waals surface area contributed by atoms with Gasteiger partial charge in [0.15, 0.2) is 0 Å². The molecule has 0 aliphatic heterocycles. The summed E-state index contributed by atoms with van der Waals surface area (Å²) in [4.78, 5) is 24.9. The maximum Gasteiger partial charge on any atom is 0.323 e. The van der Waals surface area contributed by atoms with E-state index in [2.05, 4.69) is 20.8 Å². The van der Waals surface area contributed by atoms with Crippen molar-refractivity contribution >= 4 is 17.6 Å². The van der Waals surface area contributed by atoms with Gasteiger partial charge in [-0.05, 0) is 30.4 Å². The summed E-state index contributed by atoms with van der Waals surface area (Å²) < 4.78 is 0. The third-order valence-corrected chi connectivity index (χ3v) is 3.90. The first-order chi connectivity index (χ1) is 9.61. The van der Waals surface area contributed by atoms with Crippen LogP contribution in [-0.4, -0.2) is 23.5 Å². The number of nitrogens with zero attached hydrogens (tertiary/aromatic N) is 1. The summed E-state index contributed by atoms with van der Waals surface area (Å²) in [6.07, 6.45) is 0.338. The Morgan fingerprint density at radius 2 is 1.71 bits per heavy atom. The van der Waals surface area contributed by atoms with Crippen LogP contribution in [0.2, 0.25) is 0 Å². The average molecular weight is 291 g/mol. The van der Waals surface area contributed by atoms with Crippen LogP contribution >= 0.6 is 0 Å². The summed E-state index contributed by atoms with van der Waals surface area (Å²) in [5.41, 5.74) is 1.72. The quantitative estimate of drug-likeness (QED) is 0.903. The van der Waals surface area contributed by atoms with Gasteiger partial charge in [0, 0.05) is 12.1 Å². The number of amides is 1. The zero-order valence-electron chi connectivity index (χ0n) is 13.5. The van der Waals surface area contributed by atoms with E-state index < -0.39 is 5.97 Å². The lowest BCUT2D eigenvalue weighted by atomic mass is 9.80. The number of hydrogen-bond acceptors (Lipinski definition) is 2. The first kappa shape index (κ1) is 17.2. The van der Waals surface area contributed by atoms with Gasteiger partial charge in [0.25, 0.3) is 0 Å². The lowest BCUT2D eigenvalue weighted by molar-refractivity contribution is -0.136. The van der Waals surface area contributed by atoms with Gasteiger partial charge in [0.05, 0.1) is 0 Å². The number of benzene rings is 1. The van der Waals surface area contributed by atoms with Crippen LogP contribution in [0.15, 0.2) is 24.3 Å². The second-order valence-corrected chi connectivity index (χ2v) is 6.68. The fourth-order valence-corrected chi connectivity index (χ4v) is 1.86. The van der Waals surface area contributed by atoms with Crippen LogP contribution in [0.5, 0.6) is 0 Å². The average Bonchev–Trinajstić information content (AvgIpc) is 2.35. The van der Waals surface area contributed by atoms with E-state index in [4.69, 9.17) is 5.11 Å². The number of carbonyl (C=O) groups excluding carboxylic acids is 1. The number of rotatable bonds is 5. The van der Waals surface area contributed by atoms with E-state index in [9.17, 15) is 9.59 Å². The molecule has 1 N–H and O–H groups in total. The molecule has 0 saturated carbocycles. The molecular weight excluding hydrogens is 266 g/mol. The van der Waals surface area contributed by atoms with Gasteiger partial charge in [-0.1, -0.05) is 45.4 Å². The number of carboxylic acid groups (broad SMARTS) is 1. The first-order valence-electron chi connectivity index (χ1n) is 7.20. The molecule has 0 fully saturated rings. The molecule has 0 aliphatic carbocycles. The largest absolute Gasteiger partial charge is 0.480 e. The lowest BCUT2D eigenvalue weighted by Crippen LogP contribution is -2.37. The van der Waals surface area contributed by atoms with E-state index in [1.807, 2.05) is 26.0 Å². The second kappa shape index (κ2) is 6.74. The lowest BCUT2D eigenvalue weighted by Gasteiger charge is -2.29. The number of carbonyl (C=O) groups is 2. The van der Waals surface area contributed by atoms with Gasteiger partial charge in [-0.15, -0.1) is 0 Å². The molecule has 0 saturated heterocycles. The van der Waals surface area contributed by atoms with Crippen molar-refractivity contribution in [1.29, 1.82) is 0 Å². The van der Waals surface area contributed by atoms with Crippen molar-refractivity contribution < 1.29 is 14.7 Å². The molecule has 0 spiro atoms. The molecule has 0 aromatic heterocycles. The van der Waals surface area contributed by atoms with E-state index in [1.54, 1.807) is 12.1 Å². The number of aliphatic carboxylic acids is 1. The third kappa shape index (κ3) is 5.21. The topological polar surface area (TPSA) is 57.6 Å². The van der Waals surface area contributed by atoms with Crippen molar-refractivity contribution in [2.75, 3.05) is 11.4 Å². The van der Waals surface area contributed by atoms with Gasteiger partial charge in [-0.3, -0.25) is 9.59 Å². The Labute approximate surface area is 126 Å². The van der Waals surface area contributed by atoms with Gasteiger partial charge >= 0.3 is 5.97 Å². The Hall–Kier alpha value is -1.84. The fourth-order valence-electron chi connectivity index (χ4n) is 1.86. The molecule has 1 amide bonds. The SMILES string of the molecule is Cc1ccc(N(CC(=O)O)C(=O)CC(C)C(C)(C)C)cc1. The van der Waals surface area contributed by atoms with E-state index >= 15 is 0 Å². The number of hydrogen-bond donors (Lipinski definition) is 1. The van der Waals surface area contributed by atoms with Crippen molar-refractivity contribution in [3.8, 4) is 0 Å². The van der Waals surface area contributed by atoms with Crippen LogP contribution < -0.4 is 4.90 Å². The Morgan fingerprint density at radius 1 is 1.19 bits per heavy atom. The summed E-state index contributed by atoms with van der Waals surface area (Å²) in [6.45, 7) is 9.91. The molecule has 4 heteroatoms. The molecule has 0 aliphatic rings. The Balaban J connectivity index is 2.94. The summed E-state index contributed by atoms with van der Waals surface area (Å²) in [5.74, 6) is -0.984. The van der Waals surface area contributed by atoms with E-state index in [0.29, 0.717) is 12.1 Å². The Kier molecular flexibility index (Phi) is 5.53. The van der Waals surface area contributed by atoms with Crippen molar-refractivity contribution in [3.05, 3.63) is 29.8 Å². The smallest absolute Gasteiger partial charge is 0.323 e. The molecule has 0 heterocycles. The molecule has 1 rings (SSSR count). The summed E-state index contributed by atoms with van der Waals surface area (Å²) in [5, 5.41) is 9.05. The Morgan fingerprint density at radius 3 is 2.14 bits per heavy atom. The molecule has 21 heavy (non-hydrogen) atoms. The fraction of sp³-hybridized carbons (Fsp3) is 0.529. The molecule has 1 aromatic rings. The third-order valence-electron chi connectivity index (χ3n) is 3.90. The van der Waals surface area contributed by atoms with Crippen molar-refractivity contribution in [2.24, 2.45) is 11.3 Å². The predicted octanol–water partition coefficient (Wildman–Crippen LogP) is 3.48. The zero-order valence-corrected chi connectivity index (χ0v) is 13.5. The van der Waals surface area contributed by atoms with E-state index in [0.717, 1.165) is 5.56 Å². The van der Waals surface area contributed by atoms with Gasteiger partial charge in [0.2, 0.25) is 5.91 Å². The second-order valence-electron chi connectivity index (χ2n) is 6.68. The van der Waals surface area contributed by atoms with E-state index in [-0.39, 0.29) is 23.8 Å². The van der Waals surface area contributed by atoms with Gasteiger partial charge in [0.1, 0.15) is 6.54 Å². The minimum absolute atomic E-state index is 0.0117. The van der Waals surface area contributed by atoms with E-state index in [1.165, 1.54) is 4.90 Å². The van der Waals surface area contributed by atoms with Crippen LogP contribution in [0, 0.1) is 18.3 Å².